The van der Waals surface area contributed by atoms with Gasteiger partial charge < -0.3 is 15.8 Å². The summed E-state index contributed by atoms with van der Waals surface area (Å²) in [5.74, 6) is 0.921. The highest BCUT2D eigenvalue weighted by molar-refractivity contribution is 5.85. The van der Waals surface area contributed by atoms with Crippen LogP contribution >= 0.6 is 12.4 Å². The SMILES string of the molecule is COc1ccccc1CCNC(=O)CCC(C)N.Cl. The number of methoxy groups -OCH3 is 1. The largest absolute Gasteiger partial charge is 0.496 e. The summed E-state index contributed by atoms with van der Waals surface area (Å²) in [6, 6.07) is 7.91. The fourth-order valence-corrected chi connectivity index (χ4v) is 1.69. The molecule has 5 heteroatoms. The van der Waals surface area contributed by atoms with Gasteiger partial charge in [-0.2, -0.15) is 0 Å². The maximum absolute atomic E-state index is 11.5. The molecule has 0 saturated heterocycles. The second-order valence-corrected chi connectivity index (χ2v) is 4.43. The Kier molecular flexibility index (Phi) is 9.00. The van der Waals surface area contributed by atoms with E-state index >= 15 is 0 Å². The smallest absolute Gasteiger partial charge is 0.220 e. The van der Waals surface area contributed by atoms with Gasteiger partial charge in [-0.05, 0) is 31.4 Å². The number of benzene rings is 1. The van der Waals surface area contributed by atoms with Crippen molar-refractivity contribution in [1.82, 2.24) is 5.32 Å². The number of hydrogen-bond donors (Lipinski definition) is 2. The average Bonchev–Trinajstić information content (AvgIpc) is 2.37. The first-order chi connectivity index (χ1) is 8.63. The standard InChI is InChI=1S/C14H22N2O2.ClH/c1-11(15)7-8-14(17)16-10-9-12-5-3-4-6-13(12)18-2;/h3-6,11H,7-10,15H2,1-2H3,(H,16,17);1H. The van der Waals surface area contributed by atoms with E-state index in [0.29, 0.717) is 13.0 Å². The van der Waals surface area contributed by atoms with E-state index in [1.165, 1.54) is 0 Å². The third-order valence-electron chi connectivity index (χ3n) is 2.74. The van der Waals surface area contributed by atoms with Crippen LogP contribution in [0.1, 0.15) is 25.3 Å². The minimum absolute atomic E-state index is 0. The first-order valence-corrected chi connectivity index (χ1v) is 6.27. The highest BCUT2D eigenvalue weighted by atomic mass is 35.5. The van der Waals surface area contributed by atoms with Gasteiger partial charge in [0.05, 0.1) is 7.11 Å². The molecule has 0 aliphatic carbocycles. The Hall–Kier alpha value is -1.26. The van der Waals surface area contributed by atoms with Crippen LogP contribution in [0.2, 0.25) is 0 Å². The van der Waals surface area contributed by atoms with E-state index in [-0.39, 0.29) is 24.4 Å². The number of para-hydroxylation sites is 1. The zero-order valence-corrected chi connectivity index (χ0v) is 12.3. The quantitative estimate of drug-likeness (QED) is 0.805. The molecule has 1 aromatic rings. The molecule has 4 nitrogen and oxygen atoms in total. The molecular formula is C14H23ClN2O2. The van der Waals surface area contributed by atoms with Gasteiger partial charge in [-0.25, -0.2) is 0 Å². The zero-order chi connectivity index (χ0) is 13.4. The Labute approximate surface area is 121 Å². The van der Waals surface area contributed by atoms with Crippen LogP contribution in [0.25, 0.3) is 0 Å². The van der Waals surface area contributed by atoms with Crippen molar-refractivity contribution in [3.63, 3.8) is 0 Å². The first-order valence-electron chi connectivity index (χ1n) is 6.27. The topological polar surface area (TPSA) is 64.3 Å². The molecule has 0 heterocycles. The van der Waals surface area contributed by atoms with Gasteiger partial charge in [0.25, 0.3) is 0 Å². The number of halogens is 1. The molecule has 3 N–H and O–H groups in total. The van der Waals surface area contributed by atoms with Gasteiger partial charge in [-0.3, -0.25) is 4.79 Å². The molecule has 0 aliphatic rings. The Bertz CT molecular complexity index is 383. The van der Waals surface area contributed by atoms with Crippen molar-refractivity contribution in [2.45, 2.75) is 32.2 Å². The second kappa shape index (κ2) is 9.64. The molecule has 0 aromatic heterocycles. The van der Waals surface area contributed by atoms with Gasteiger partial charge in [0.1, 0.15) is 5.75 Å². The van der Waals surface area contributed by atoms with Crippen LogP contribution in [-0.4, -0.2) is 25.6 Å². The minimum Gasteiger partial charge on any atom is -0.496 e. The van der Waals surface area contributed by atoms with E-state index in [9.17, 15) is 4.79 Å². The normalized spacial score (nSPS) is 11.3. The summed E-state index contributed by atoms with van der Waals surface area (Å²) >= 11 is 0. The predicted molar refractivity (Wildman–Crippen MR) is 79.8 cm³/mol. The molecule has 1 rings (SSSR count). The van der Waals surface area contributed by atoms with E-state index in [4.69, 9.17) is 10.5 Å². The lowest BCUT2D eigenvalue weighted by molar-refractivity contribution is -0.121. The second-order valence-electron chi connectivity index (χ2n) is 4.43. The third-order valence-corrected chi connectivity index (χ3v) is 2.74. The van der Waals surface area contributed by atoms with Crippen molar-refractivity contribution in [3.05, 3.63) is 29.8 Å². The summed E-state index contributed by atoms with van der Waals surface area (Å²) < 4.78 is 5.25. The van der Waals surface area contributed by atoms with Crippen LogP contribution in [0.3, 0.4) is 0 Å². The fourth-order valence-electron chi connectivity index (χ4n) is 1.69. The van der Waals surface area contributed by atoms with Crippen LogP contribution in [0.5, 0.6) is 5.75 Å². The van der Waals surface area contributed by atoms with Crippen molar-refractivity contribution < 1.29 is 9.53 Å². The number of ether oxygens (including phenoxy) is 1. The van der Waals surface area contributed by atoms with Gasteiger partial charge >= 0.3 is 0 Å². The predicted octanol–water partition coefficient (Wildman–Crippen LogP) is 1.90. The summed E-state index contributed by atoms with van der Waals surface area (Å²) in [7, 11) is 1.65. The molecule has 1 amide bonds. The number of nitrogens with one attached hydrogen (secondary N) is 1. The number of hydrogen-bond acceptors (Lipinski definition) is 3. The van der Waals surface area contributed by atoms with Gasteiger partial charge in [-0.1, -0.05) is 18.2 Å². The number of amides is 1. The van der Waals surface area contributed by atoms with Crippen molar-refractivity contribution in [2.24, 2.45) is 5.73 Å². The van der Waals surface area contributed by atoms with Crippen LogP contribution in [-0.2, 0) is 11.2 Å². The Morgan fingerprint density at radius 1 is 1.42 bits per heavy atom. The Balaban J connectivity index is 0.00000324. The number of carbonyl (C=O) groups excluding carboxylic acids is 1. The van der Waals surface area contributed by atoms with Crippen molar-refractivity contribution in [3.8, 4) is 5.75 Å². The summed E-state index contributed by atoms with van der Waals surface area (Å²) in [4.78, 5) is 11.5. The minimum atomic E-state index is 0. The number of nitrogens with two attached hydrogens (primary N) is 1. The zero-order valence-electron chi connectivity index (χ0n) is 11.5. The summed E-state index contributed by atoms with van der Waals surface area (Å²) in [5.41, 5.74) is 6.71. The molecule has 1 atom stereocenters. The van der Waals surface area contributed by atoms with Crippen molar-refractivity contribution in [2.75, 3.05) is 13.7 Å². The number of rotatable bonds is 7. The van der Waals surface area contributed by atoms with E-state index in [1.807, 2.05) is 31.2 Å². The molecule has 0 aliphatic heterocycles. The highest BCUT2D eigenvalue weighted by Crippen LogP contribution is 2.17. The Morgan fingerprint density at radius 2 is 2.11 bits per heavy atom. The van der Waals surface area contributed by atoms with E-state index in [2.05, 4.69) is 5.32 Å². The van der Waals surface area contributed by atoms with E-state index < -0.39 is 0 Å². The number of carbonyl (C=O) groups is 1. The van der Waals surface area contributed by atoms with Gasteiger partial charge in [0.15, 0.2) is 0 Å². The lowest BCUT2D eigenvalue weighted by atomic mass is 10.1. The molecule has 1 aromatic carbocycles. The van der Waals surface area contributed by atoms with E-state index in [0.717, 1.165) is 24.2 Å². The third kappa shape index (κ3) is 7.03. The van der Waals surface area contributed by atoms with Crippen LogP contribution in [0.15, 0.2) is 24.3 Å². The van der Waals surface area contributed by atoms with Crippen molar-refractivity contribution >= 4 is 18.3 Å². The highest BCUT2D eigenvalue weighted by Gasteiger charge is 2.04. The maximum atomic E-state index is 11.5. The van der Waals surface area contributed by atoms with E-state index in [1.54, 1.807) is 7.11 Å². The van der Waals surface area contributed by atoms with Crippen molar-refractivity contribution in [1.29, 1.82) is 0 Å². The fraction of sp³-hybridized carbons (Fsp3) is 0.500. The monoisotopic (exact) mass is 286 g/mol. The van der Waals surface area contributed by atoms with Crippen LogP contribution in [0.4, 0.5) is 0 Å². The lowest BCUT2D eigenvalue weighted by Crippen LogP contribution is -2.27. The maximum Gasteiger partial charge on any atom is 0.220 e. The van der Waals surface area contributed by atoms with Crippen LogP contribution < -0.4 is 15.8 Å². The summed E-state index contributed by atoms with van der Waals surface area (Å²) in [5, 5.41) is 2.89. The van der Waals surface area contributed by atoms with Gasteiger partial charge in [-0.15, -0.1) is 12.4 Å². The Morgan fingerprint density at radius 3 is 2.74 bits per heavy atom. The lowest BCUT2D eigenvalue weighted by Gasteiger charge is -2.09. The molecule has 0 radical (unpaired) electrons. The van der Waals surface area contributed by atoms with Gasteiger partial charge in [0.2, 0.25) is 5.91 Å². The molecule has 0 saturated carbocycles. The van der Waals surface area contributed by atoms with Crippen LogP contribution in [0, 0.1) is 0 Å². The molecule has 108 valence electrons. The molecule has 0 spiro atoms. The summed E-state index contributed by atoms with van der Waals surface area (Å²) in [6.07, 6.45) is 1.98. The first kappa shape index (κ1) is 17.7. The molecule has 19 heavy (non-hydrogen) atoms. The van der Waals surface area contributed by atoms with Gasteiger partial charge in [0, 0.05) is 19.0 Å². The molecule has 0 fully saturated rings. The average molecular weight is 287 g/mol. The molecular weight excluding hydrogens is 264 g/mol. The molecule has 0 bridgehead atoms. The summed E-state index contributed by atoms with van der Waals surface area (Å²) in [6.45, 7) is 2.53. The molecule has 1 unspecified atom stereocenters.